The average molecular weight is 264 g/mol. The highest BCUT2D eigenvalue weighted by atomic mass is 16.4. The van der Waals surface area contributed by atoms with Gasteiger partial charge in [0.15, 0.2) is 5.82 Å². The van der Waals surface area contributed by atoms with E-state index in [1.54, 1.807) is 21.9 Å². The third kappa shape index (κ3) is 1.99. The lowest BCUT2D eigenvalue weighted by Crippen LogP contribution is -2.50. The van der Waals surface area contributed by atoms with Crippen molar-refractivity contribution >= 4 is 11.8 Å². The van der Waals surface area contributed by atoms with E-state index in [-0.39, 0.29) is 18.1 Å². The fraction of sp³-hybridized carbons (Fsp3) is 0.583. The van der Waals surface area contributed by atoms with Crippen LogP contribution in [0.25, 0.3) is 0 Å². The lowest BCUT2D eigenvalue weighted by Gasteiger charge is -2.20. The van der Waals surface area contributed by atoms with Gasteiger partial charge in [0, 0.05) is 31.5 Å². The predicted molar refractivity (Wildman–Crippen MR) is 68.2 cm³/mol. The van der Waals surface area contributed by atoms with Crippen molar-refractivity contribution in [1.29, 1.82) is 0 Å². The van der Waals surface area contributed by atoms with Crippen LogP contribution in [0.15, 0.2) is 17.2 Å². The van der Waals surface area contributed by atoms with Gasteiger partial charge in [-0.15, -0.1) is 0 Å². The number of carboxylic acids is 1. The van der Waals surface area contributed by atoms with Gasteiger partial charge in [0.1, 0.15) is 5.54 Å². The number of hydrogen-bond donors (Lipinski definition) is 2. The van der Waals surface area contributed by atoms with Gasteiger partial charge in [-0.25, -0.2) is 4.98 Å². The van der Waals surface area contributed by atoms with Gasteiger partial charge >= 0.3 is 5.97 Å². The number of nitrogens with zero attached hydrogens (tertiary/aromatic N) is 3. The molecule has 1 saturated carbocycles. The van der Waals surface area contributed by atoms with E-state index in [1.165, 1.54) is 0 Å². The van der Waals surface area contributed by atoms with E-state index in [0.717, 1.165) is 12.8 Å². The molecule has 0 spiro atoms. The Kier molecular flexibility index (Phi) is 2.60. The smallest absolute Gasteiger partial charge is 0.325 e. The summed E-state index contributed by atoms with van der Waals surface area (Å²) in [5.74, 6) is -0.726. The van der Waals surface area contributed by atoms with Crippen LogP contribution in [0.5, 0.6) is 0 Å². The summed E-state index contributed by atoms with van der Waals surface area (Å²) in [6.07, 6.45) is 5.62. The number of carboxylic acid groups (broad SMARTS) is 1. The quantitative estimate of drug-likeness (QED) is 0.768. The molecule has 1 atom stereocenters. The molecule has 3 N–H and O–H groups in total. The third-order valence-electron chi connectivity index (χ3n) is 3.82. The molecule has 102 valence electrons. The van der Waals surface area contributed by atoms with E-state index in [2.05, 4.69) is 4.98 Å². The van der Waals surface area contributed by atoms with Gasteiger partial charge in [-0.1, -0.05) is 0 Å². The maximum Gasteiger partial charge on any atom is 0.325 e. The first-order valence-electron chi connectivity index (χ1n) is 6.36. The van der Waals surface area contributed by atoms with Crippen molar-refractivity contribution in [2.45, 2.75) is 30.8 Å². The minimum absolute atomic E-state index is 0.124. The van der Waals surface area contributed by atoms with Gasteiger partial charge in [0.25, 0.3) is 5.56 Å². The van der Waals surface area contributed by atoms with Crippen molar-refractivity contribution < 1.29 is 9.90 Å². The van der Waals surface area contributed by atoms with E-state index in [9.17, 15) is 9.59 Å². The van der Waals surface area contributed by atoms with Gasteiger partial charge in [-0.05, 0) is 19.3 Å². The Morgan fingerprint density at radius 2 is 2.26 bits per heavy atom. The summed E-state index contributed by atoms with van der Waals surface area (Å²) in [4.78, 5) is 29.2. The second kappa shape index (κ2) is 4.06. The first-order valence-corrected chi connectivity index (χ1v) is 6.36. The molecule has 1 aliphatic heterocycles. The Morgan fingerprint density at radius 1 is 1.53 bits per heavy atom. The minimum atomic E-state index is -1.28. The van der Waals surface area contributed by atoms with Crippen LogP contribution in [0, 0.1) is 0 Å². The molecule has 1 aromatic heterocycles. The summed E-state index contributed by atoms with van der Waals surface area (Å²) >= 11 is 0. The van der Waals surface area contributed by atoms with Crippen LogP contribution < -0.4 is 16.2 Å². The maximum absolute atomic E-state index is 12.3. The minimum Gasteiger partial charge on any atom is -0.480 e. The molecule has 1 saturated heterocycles. The van der Waals surface area contributed by atoms with Crippen LogP contribution in [-0.2, 0) is 4.79 Å². The second-order valence-corrected chi connectivity index (χ2v) is 5.33. The molecule has 7 heteroatoms. The van der Waals surface area contributed by atoms with E-state index in [0.29, 0.717) is 18.8 Å². The van der Waals surface area contributed by atoms with Crippen LogP contribution in [0.1, 0.15) is 25.3 Å². The highest BCUT2D eigenvalue weighted by molar-refractivity contribution is 5.80. The number of nitrogens with two attached hydrogens (primary N) is 1. The van der Waals surface area contributed by atoms with Crippen molar-refractivity contribution in [1.82, 2.24) is 9.55 Å². The van der Waals surface area contributed by atoms with Crippen molar-refractivity contribution in [3.05, 3.63) is 22.7 Å². The Bertz CT molecular complexity index is 581. The molecular formula is C12H16N4O3. The molecule has 0 bridgehead atoms. The fourth-order valence-corrected chi connectivity index (χ4v) is 2.46. The van der Waals surface area contributed by atoms with Gasteiger partial charge in [0.05, 0.1) is 0 Å². The van der Waals surface area contributed by atoms with Crippen molar-refractivity contribution in [2.75, 3.05) is 18.0 Å². The summed E-state index contributed by atoms with van der Waals surface area (Å²) < 4.78 is 1.68. The zero-order valence-corrected chi connectivity index (χ0v) is 10.5. The van der Waals surface area contributed by atoms with Gasteiger partial charge in [-0.2, -0.15) is 0 Å². The predicted octanol–water partition coefficient (Wildman–Crippen LogP) is -0.430. The summed E-state index contributed by atoms with van der Waals surface area (Å²) in [7, 11) is 0. The van der Waals surface area contributed by atoms with Gasteiger partial charge < -0.3 is 20.3 Å². The van der Waals surface area contributed by atoms with Gasteiger partial charge in [0.2, 0.25) is 0 Å². The summed E-state index contributed by atoms with van der Waals surface area (Å²) in [5, 5.41) is 9.10. The molecule has 2 aliphatic rings. The average Bonchev–Trinajstić information content (AvgIpc) is 3.13. The van der Waals surface area contributed by atoms with Crippen LogP contribution in [0.2, 0.25) is 0 Å². The molecule has 1 aliphatic carbocycles. The van der Waals surface area contributed by atoms with Crippen LogP contribution in [0.4, 0.5) is 5.82 Å². The molecule has 7 nitrogen and oxygen atoms in total. The Hall–Kier alpha value is -1.89. The van der Waals surface area contributed by atoms with Crippen LogP contribution in [-0.4, -0.2) is 39.3 Å². The Morgan fingerprint density at radius 3 is 2.84 bits per heavy atom. The monoisotopic (exact) mass is 264 g/mol. The summed E-state index contributed by atoms with van der Waals surface area (Å²) in [6.45, 7) is 0.568. The maximum atomic E-state index is 12.3. The highest BCUT2D eigenvalue weighted by Crippen LogP contribution is 2.33. The Balaban J connectivity index is 1.90. The number of hydrogen-bond acceptors (Lipinski definition) is 5. The molecule has 0 aromatic carbocycles. The van der Waals surface area contributed by atoms with E-state index < -0.39 is 11.5 Å². The lowest BCUT2D eigenvalue weighted by molar-refractivity contribution is -0.142. The molecule has 0 amide bonds. The molecular weight excluding hydrogens is 248 g/mol. The fourth-order valence-electron chi connectivity index (χ4n) is 2.46. The number of rotatable bonds is 3. The normalized spacial score (nSPS) is 26.7. The zero-order chi connectivity index (χ0) is 13.6. The van der Waals surface area contributed by atoms with Crippen LogP contribution >= 0.6 is 0 Å². The number of carbonyl (C=O) groups is 1. The molecule has 2 fully saturated rings. The topological polar surface area (TPSA) is 101 Å². The summed E-state index contributed by atoms with van der Waals surface area (Å²) in [6, 6.07) is 0.277. The number of aromatic nitrogens is 2. The van der Waals surface area contributed by atoms with Crippen molar-refractivity contribution in [2.24, 2.45) is 5.73 Å². The molecule has 19 heavy (non-hydrogen) atoms. The van der Waals surface area contributed by atoms with E-state index in [4.69, 9.17) is 10.8 Å². The molecule has 1 unspecified atom stereocenters. The highest BCUT2D eigenvalue weighted by Gasteiger charge is 2.42. The molecule has 1 aromatic rings. The van der Waals surface area contributed by atoms with E-state index >= 15 is 0 Å². The van der Waals surface area contributed by atoms with E-state index in [1.807, 2.05) is 0 Å². The first kappa shape index (κ1) is 12.2. The number of anilines is 1. The van der Waals surface area contributed by atoms with Crippen LogP contribution in [0.3, 0.4) is 0 Å². The van der Waals surface area contributed by atoms with Crippen molar-refractivity contribution in [3.63, 3.8) is 0 Å². The van der Waals surface area contributed by atoms with Gasteiger partial charge in [-0.3, -0.25) is 9.59 Å². The third-order valence-corrected chi connectivity index (χ3v) is 3.82. The SMILES string of the molecule is NC1(C(=O)O)CCN(c2nccn(C3CC3)c2=O)C1. The first-order chi connectivity index (χ1) is 9.01. The second-order valence-electron chi connectivity index (χ2n) is 5.33. The Labute approximate surface area is 109 Å². The zero-order valence-electron chi connectivity index (χ0n) is 10.5. The standard InChI is InChI=1S/C12H16N4O3/c13-12(11(18)19)3-5-15(7-12)9-10(17)16(6-4-14-9)8-1-2-8/h4,6,8H,1-3,5,7,13H2,(H,18,19). The van der Waals surface area contributed by atoms with Crippen molar-refractivity contribution in [3.8, 4) is 0 Å². The molecule has 0 radical (unpaired) electrons. The lowest BCUT2D eigenvalue weighted by atomic mass is 10.0. The number of aliphatic carboxylic acids is 1. The largest absolute Gasteiger partial charge is 0.480 e. The molecule has 2 heterocycles. The molecule has 3 rings (SSSR count). The summed E-state index contributed by atoms with van der Waals surface area (Å²) in [5.41, 5.74) is 4.38.